The molecule has 3 rings (SSSR count). The molecule has 7 nitrogen and oxygen atoms in total. The number of likely N-dealkylation sites (tertiary alicyclic amines) is 1. The van der Waals surface area contributed by atoms with E-state index in [-0.39, 0.29) is 11.8 Å². The van der Waals surface area contributed by atoms with Gasteiger partial charge in [-0.1, -0.05) is 12.1 Å². The van der Waals surface area contributed by atoms with Gasteiger partial charge in [-0.3, -0.25) is 9.59 Å². The van der Waals surface area contributed by atoms with Crippen LogP contribution in [0.1, 0.15) is 42.0 Å². The van der Waals surface area contributed by atoms with Gasteiger partial charge in [0.25, 0.3) is 0 Å². The van der Waals surface area contributed by atoms with Crippen molar-refractivity contribution in [1.29, 1.82) is 0 Å². The van der Waals surface area contributed by atoms with Crippen molar-refractivity contribution >= 4 is 23.3 Å². The quantitative estimate of drug-likeness (QED) is 0.706. The fraction of sp³-hybridized carbons (Fsp3) is 0.350. The number of carbonyl (C=O) groups excluding carboxylic acids is 2. The number of nitrogens with one attached hydrogen (secondary N) is 1. The minimum Gasteiger partial charge on any atom is -0.508 e. The Bertz CT molecular complexity index is 864. The van der Waals surface area contributed by atoms with Crippen molar-refractivity contribution in [3.8, 4) is 5.75 Å². The number of anilines is 2. The lowest BCUT2D eigenvalue weighted by atomic mass is 9.95. The number of phenolic OH excluding ortho intramolecular Hbond substituents is 1. The third kappa shape index (κ3) is 3.86. The van der Waals surface area contributed by atoms with Crippen LogP contribution < -0.4 is 11.1 Å². The summed E-state index contributed by atoms with van der Waals surface area (Å²) in [4.78, 5) is 31.1. The maximum Gasteiger partial charge on any atom is 0.313 e. The van der Waals surface area contributed by atoms with Crippen molar-refractivity contribution in [3.05, 3.63) is 47.2 Å². The van der Waals surface area contributed by atoms with Crippen LogP contribution in [0.2, 0.25) is 0 Å². The van der Waals surface area contributed by atoms with Crippen molar-refractivity contribution < 1.29 is 14.7 Å². The van der Waals surface area contributed by atoms with E-state index in [1.807, 2.05) is 13.8 Å². The molecule has 2 heterocycles. The minimum absolute atomic E-state index is 0.173. The van der Waals surface area contributed by atoms with Gasteiger partial charge in [-0.25, -0.2) is 4.98 Å². The molecule has 1 aliphatic rings. The number of nitrogens with zero attached hydrogens (tertiary/aromatic N) is 2. The van der Waals surface area contributed by atoms with Gasteiger partial charge in [-0.05, 0) is 61.9 Å². The first kappa shape index (κ1) is 18.7. The maximum atomic E-state index is 12.8. The summed E-state index contributed by atoms with van der Waals surface area (Å²) in [5.74, 6) is -0.677. The normalized spacial score (nSPS) is 16.8. The Morgan fingerprint density at radius 1 is 1.19 bits per heavy atom. The Kier molecular flexibility index (Phi) is 5.30. The molecule has 1 saturated heterocycles. The van der Waals surface area contributed by atoms with Gasteiger partial charge in [0.05, 0.1) is 17.9 Å². The number of hydrogen-bond acceptors (Lipinski definition) is 5. The van der Waals surface area contributed by atoms with Crippen LogP contribution in [0.4, 0.5) is 11.5 Å². The highest BCUT2D eigenvalue weighted by Gasteiger charge is 2.32. The van der Waals surface area contributed by atoms with Crippen LogP contribution in [0.15, 0.2) is 30.5 Å². The Hall–Kier alpha value is -3.09. The van der Waals surface area contributed by atoms with Gasteiger partial charge in [0.2, 0.25) is 0 Å². The van der Waals surface area contributed by atoms with Gasteiger partial charge < -0.3 is 21.1 Å². The van der Waals surface area contributed by atoms with Crippen LogP contribution in [-0.4, -0.2) is 33.3 Å². The summed E-state index contributed by atoms with van der Waals surface area (Å²) in [6.07, 6.45) is 4.09. The first-order valence-electron chi connectivity index (χ1n) is 9.01. The number of nitrogen functional groups attached to an aromatic ring is 1. The summed E-state index contributed by atoms with van der Waals surface area (Å²) in [6, 6.07) is 6.60. The number of phenols is 1. The average Bonchev–Trinajstić information content (AvgIpc) is 2.68. The van der Waals surface area contributed by atoms with Crippen LogP contribution in [-0.2, 0) is 9.59 Å². The van der Waals surface area contributed by atoms with Gasteiger partial charge in [0.15, 0.2) is 0 Å². The molecule has 27 heavy (non-hydrogen) atoms. The molecule has 2 aromatic rings. The predicted octanol–water partition coefficient (Wildman–Crippen LogP) is 2.68. The fourth-order valence-corrected chi connectivity index (χ4v) is 3.37. The molecule has 0 bridgehead atoms. The van der Waals surface area contributed by atoms with E-state index in [1.165, 1.54) is 6.20 Å². The summed E-state index contributed by atoms with van der Waals surface area (Å²) in [6.45, 7) is 4.17. The SMILES string of the molecule is Cc1c(NC(=O)C(=O)N2CCCC[C@H]2c2ccc(O)cc2)cnc(N)c1C. The van der Waals surface area contributed by atoms with Gasteiger partial charge in [-0.2, -0.15) is 0 Å². The molecule has 1 aromatic carbocycles. The molecule has 7 heteroatoms. The predicted molar refractivity (Wildman–Crippen MR) is 103 cm³/mol. The molecule has 1 atom stereocenters. The van der Waals surface area contributed by atoms with Crippen LogP contribution in [0, 0.1) is 13.8 Å². The Morgan fingerprint density at radius 2 is 1.89 bits per heavy atom. The van der Waals surface area contributed by atoms with Crippen molar-refractivity contribution in [2.45, 2.75) is 39.2 Å². The maximum absolute atomic E-state index is 12.8. The highest BCUT2D eigenvalue weighted by atomic mass is 16.3. The van der Waals surface area contributed by atoms with Crippen molar-refractivity contribution in [3.63, 3.8) is 0 Å². The number of aromatic hydroxyl groups is 1. The molecule has 1 aromatic heterocycles. The van der Waals surface area contributed by atoms with Crippen LogP contribution >= 0.6 is 0 Å². The van der Waals surface area contributed by atoms with Crippen LogP contribution in [0.5, 0.6) is 5.75 Å². The molecule has 2 amide bonds. The molecule has 0 saturated carbocycles. The minimum atomic E-state index is -0.685. The van der Waals surface area contributed by atoms with Crippen LogP contribution in [0.25, 0.3) is 0 Å². The third-order valence-corrected chi connectivity index (χ3v) is 5.17. The number of rotatable bonds is 2. The second-order valence-corrected chi connectivity index (χ2v) is 6.86. The molecular formula is C20H24N4O3. The molecular weight excluding hydrogens is 344 g/mol. The second kappa shape index (κ2) is 7.65. The number of hydrogen-bond donors (Lipinski definition) is 3. The van der Waals surface area contributed by atoms with E-state index >= 15 is 0 Å². The number of nitrogens with two attached hydrogens (primary N) is 1. The van der Waals surface area contributed by atoms with E-state index in [2.05, 4.69) is 10.3 Å². The van der Waals surface area contributed by atoms with Crippen molar-refractivity contribution in [1.82, 2.24) is 9.88 Å². The van der Waals surface area contributed by atoms with Gasteiger partial charge in [0, 0.05) is 6.54 Å². The zero-order valence-corrected chi connectivity index (χ0v) is 15.5. The molecule has 0 spiro atoms. The van der Waals surface area contributed by atoms with E-state index < -0.39 is 11.8 Å². The van der Waals surface area contributed by atoms with Gasteiger partial charge >= 0.3 is 11.8 Å². The summed E-state index contributed by atoms with van der Waals surface area (Å²) in [5, 5.41) is 12.2. The summed E-state index contributed by atoms with van der Waals surface area (Å²) in [7, 11) is 0. The number of carbonyl (C=O) groups is 2. The lowest BCUT2D eigenvalue weighted by molar-refractivity contribution is -0.145. The van der Waals surface area contributed by atoms with Gasteiger partial charge in [0.1, 0.15) is 11.6 Å². The summed E-state index contributed by atoms with van der Waals surface area (Å²) < 4.78 is 0. The largest absolute Gasteiger partial charge is 0.508 e. The van der Waals surface area contributed by atoms with Crippen molar-refractivity contribution in [2.24, 2.45) is 0 Å². The zero-order chi connectivity index (χ0) is 19.6. The number of benzene rings is 1. The average molecular weight is 368 g/mol. The van der Waals surface area contributed by atoms with Crippen LogP contribution in [0.3, 0.4) is 0 Å². The van der Waals surface area contributed by atoms with Gasteiger partial charge in [-0.15, -0.1) is 0 Å². The van der Waals surface area contributed by atoms with E-state index in [0.717, 1.165) is 36.0 Å². The molecule has 1 aliphatic heterocycles. The fourth-order valence-electron chi connectivity index (χ4n) is 3.37. The van der Waals surface area contributed by atoms with E-state index in [0.29, 0.717) is 18.1 Å². The Labute approximate surface area is 158 Å². The topological polar surface area (TPSA) is 109 Å². The van der Waals surface area contributed by atoms with E-state index in [4.69, 9.17) is 5.73 Å². The first-order valence-corrected chi connectivity index (χ1v) is 9.01. The highest BCUT2D eigenvalue weighted by Crippen LogP contribution is 2.32. The molecule has 142 valence electrons. The zero-order valence-electron chi connectivity index (χ0n) is 15.5. The number of aromatic nitrogens is 1. The lowest BCUT2D eigenvalue weighted by Gasteiger charge is -2.35. The Balaban J connectivity index is 1.79. The number of pyridine rings is 1. The second-order valence-electron chi connectivity index (χ2n) is 6.86. The summed E-state index contributed by atoms with van der Waals surface area (Å²) >= 11 is 0. The van der Waals surface area contributed by atoms with E-state index in [9.17, 15) is 14.7 Å². The molecule has 4 N–H and O–H groups in total. The monoisotopic (exact) mass is 368 g/mol. The molecule has 0 unspecified atom stereocenters. The molecule has 1 fully saturated rings. The number of piperidine rings is 1. The summed E-state index contributed by atoms with van der Waals surface area (Å²) in [5.41, 5.74) is 8.74. The third-order valence-electron chi connectivity index (χ3n) is 5.17. The molecule has 0 aliphatic carbocycles. The highest BCUT2D eigenvalue weighted by molar-refractivity contribution is 6.39. The number of amides is 2. The van der Waals surface area contributed by atoms with E-state index in [1.54, 1.807) is 29.2 Å². The first-order chi connectivity index (χ1) is 12.9. The lowest BCUT2D eigenvalue weighted by Crippen LogP contribution is -2.44. The molecule has 0 radical (unpaired) electrons. The Morgan fingerprint density at radius 3 is 2.59 bits per heavy atom. The standard InChI is InChI=1S/C20H24N4O3/c1-12-13(2)18(21)22-11-16(12)23-19(26)20(27)24-10-4-3-5-17(24)14-6-8-15(25)9-7-14/h6-9,11,17,25H,3-5,10H2,1-2H3,(H2,21,22)(H,23,26)/t17-/m0/s1. The smallest absolute Gasteiger partial charge is 0.313 e. The van der Waals surface area contributed by atoms with Crippen molar-refractivity contribution in [2.75, 3.05) is 17.6 Å².